The molecule has 4 aromatic carbocycles. The van der Waals surface area contributed by atoms with Crippen molar-refractivity contribution in [2.45, 2.75) is 18.0 Å². The van der Waals surface area contributed by atoms with E-state index in [4.69, 9.17) is 0 Å². The molecule has 5 heteroatoms. The molecule has 0 fully saturated rings. The van der Waals surface area contributed by atoms with Crippen LogP contribution in [0.25, 0.3) is 0 Å². The molecular weight excluding hydrogens is 437 g/mol. The summed E-state index contributed by atoms with van der Waals surface area (Å²) in [6.07, 6.45) is -4.75. The molecule has 1 unspecified atom stereocenters. The maximum atomic E-state index is 14.1. The van der Waals surface area contributed by atoms with Crippen LogP contribution in [-0.4, -0.2) is 11.6 Å². The van der Waals surface area contributed by atoms with Gasteiger partial charge in [-0.05, 0) is 23.3 Å². The Kier molecular flexibility index (Phi) is 6.46. The second-order valence-electron chi connectivity index (χ2n) is 8.01. The molecular formula is C29H21F3O2. The molecule has 0 amide bonds. The maximum absolute atomic E-state index is 14.1. The van der Waals surface area contributed by atoms with E-state index < -0.39 is 17.2 Å². The minimum absolute atomic E-state index is 0.236. The first kappa shape index (κ1) is 23.2. The third kappa shape index (κ3) is 4.55. The lowest BCUT2D eigenvalue weighted by Gasteiger charge is -2.33. The molecule has 0 aromatic heterocycles. The van der Waals surface area contributed by atoms with Gasteiger partial charge in [0.15, 0.2) is 11.6 Å². The molecule has 1 atom stereocenters. The smallest absolute Gasteiger partial charge is 0.294 e. The predicted molar refractivity (Wildman–Crippen MR) is 125 cm³/mol. The van der Waals surface area contributed by atoms with E-state index in [1.807, 2.05) is 0 Å². The van der Waals surface area contributed by atoms with E-state index in [-0.39, 0.29) is 18.0 Å². The molecule has 0 heterocycles. The summed E-state index contributed by atoms with van der Waals surface area (Å²) in [5, 5.41) is 0. The Morgan fingerprint density at radius 3 is 1.44 bits per heavy atom. The van der Waals surface area contributed by atoms with Gasteiger partial charge in [-0.2, -0.15) is 13.2 Å². The lowest BCUT2D eigenvalue weighted by atomic mass is 9.66. The fourth-order valence-electron chi connectivity index (χ4n) is 4.18. The second-order valence-corrected chi connectivity index (χ2v) is 8.01. The van der Waals surface area contributed by atoms with Crippen molar-refractivity contribution >= 4 is 11.6 Å². The van der Waals surface area contributed by atoms with Gasteiger partial charge >= 0.3 is 6.18 Å². The lowest BCUT2D eigenvalue weighted by Crippen LogP contribution is -2.39. The van der Waals surface area contributed by atoms with Gasteiger partial charge in [-0.15, -0.1) is 0 Å². The van der Waals surface area contributed by atoms with E-state index in [1.54, 1.807) is 91.0 Å². The number of halogens is 3. The van der Waals surface area contributed by atoms with Crippen LogP contribution in [0.2, 0.25) is 0 Å². The van der Waals surface area contributed by atoms with E-state index >= 15 is 0 Å². The summed E-state index contributed by atoms with van der Waals surface area (Å²) in [7, 11) is 0. The third-order valence-corrected chi connectivity index (χ3v) is 5.92. The fourth-order valence-corrected chi connectivity index (χ4v) is 4.18. The largest absolute Gasteiger partial charge is 0.416 e. The average Bonchev–Trinajstić information content (AvgIpc) is 2.88. The van der Waals surface area contributed by atoms with Gasteiger partial charge in [0.2, 0.25) is 0 Å². The van der Waals surface area contributed by atoms with Crippen LogP contribution >= 0.6 is 0 Å². The summed E-state index contributed by atoms with van der Waals surface area (Å²) in [6, 6.07) is 30.3. The third-order valence-electron chi connectivity index (χ3n) is 5.92. The topological polar surface area (TPSA) is 34.1 Å². The standard InChI is InChI=1S/C29H21F3O2/c30-29(31,32)25-18-16-24(17-19-25)28(23-14-8-3-9-15-23,27(34)22-12-6-2-7-13-22)20-26(33)21-10-4-1-5-11-21/h1-19H,20H2. The van der Waals surface area contributed by atoms with Crippen molar-refractivity contribution in [3.05, 3.63) is 143 Å². The van der Waals surface area contributed by atoms with Crippen LogP contribution in [0.5, 0.6) is 0 Å². The summed E-state index contributed by atoms with van der Waals surface area (Å²) in [5.41, 5.74) is -0.681. The number of alkyl halides is 3. The minimum Gasteiger partial charge on any atom is -0.294 e. The summed E-state index contributed by atoms with van der Waals surface area (Å²) >= 11 is 0. The zero-order valence-corrected chi connectivity index (χ0v) is 18.1. The van der Waals surface area contributed by atoms with Gasteiger partial charge in [-0.1, -0.05) is 103 Å². The Morgan fingerprint density at radius 1 is 0.529 bits per heavy atom. The zero-order valence-electron chi connectivity index (χ0n) is 18.1. The number of hydrogen-bond donors (Lipinski definition) is 0. The molecule has 0 aliphatic heterocycles. The molecule has 170 valence electrons. The van der Waals surface area contributed by atoms with Crippen molar-refractivity contribution in [1.29, 1.82) is 0 Å². The van der Waals surface area contributed by atoms with Crippen molar-refractivity contribution in [2.75, 3.05) is 0 Å². The van der Waals surface area contributed by atoms with Crippen molar-refractivity contribution in [3.63, 3.8) is 0 Å². The molecule has 0 aliphatic rings. The average molecular weight is 458 g/mol. The molecule has 0 spiro atoms. The van der Waals surface area contributed by atoms with Crippen LogP contribution < -0.4 is 0 Å². The van der Waals surface area contributed by atoms with Crippen molar-refractivity contribution in [2.24, 2.45) is 0 Å². The second kappa shape index (κ2) is 9.48. The van der Waals surface area contributed by atoms with Crippen LogP contribution in [0, 0.1) is 0 Å². The summed E-state index contributed by atoms with van der Waals surface area (Å²) in [6.45, 7) is 0. The molecule has 0 N–H and O–H groups in total. The molecule has 4 rings (SSSR count). The fraction of sp³-hybridized carbons (Fsp3) is 0.103. The molecule has 0 aliphatic carbocycles. The van der Waals surface area contributed by atoms with Crippen LogP contribution in [0.3, 0.4) is 0 Å². The van der Waals surface area contributed by atoms with E-state index in [9.17, 15) is 22.8 Å². The number of carbonyl (C=O) groups excluding carboxylic acids is 2. The Balaban J connectivity index is 1.95. The molecule has 0 saturated heterocycles. The van der Waals surface area contributed by atoms with E-state index in [2.05, 4.69) is 0 Å². The highest BCUT2D eigenvalue weighted by molar-refractivity contribution is 6.11. The predicted octanol–water partition coefficient (Wildman–Crippen LogP) is 7.15. The monoisotopic (exact) mass is 458 g/mol. The van der Waals surface area contributed by atoms with Crippen LogP contribution in [-0.2, 0) is 11.6 Å². The maximum Gasteiger partial charge on any atom is 0.416 e. The minimum atomic E-state index is -4.52. The van der Waals surface area contributed by atoms with Crippen LogP contribution in [0.4, 0.5) is 13.2 Å². The Labute approximate surface area is 195 Å². The van der Waals surface area contributed by atoms with Crippen molar-refractivity contribution < 1.29 is 22.8 Å². The van der Waals surface area contributed by atoms with Gasteiger partial charge < -0.3 is 0 Å². The molecule has 4 aromatic rings. The highest BCUT2D eigenvalue weighted by atomic mass is 19.4. The Bertz CT molecular complexity index is 1270. The number of carbonyl (C=O) groups is 2. The van der Waals surface area contributed by atoms with E-state index in [1.165, 1.54) is 12.1 Å². The summed E-state index contributed by atoms with van der Waals surface area (Å²) in [4.78, 5) is 27.6. The van der Waals surface area contributed by atoms with Crippen molar-refractivity contribution in [3.8, 4) is 0 Å². The number of rotatable bonds is 7. The van der Waals surface area contributed by atoms with Gasteiger partial charge in [-0.3, -0.25) is 9.59 Å². The van der Waals surface area contributed by atoms with Gasteiger partial charge in [0.05, 0.1) is 11.0 Å². The van der Waals surface area contributed by atoms with Crippen molar-refractivity contribution in [1.82, 2.24) is 0 Å². The van der Waals surface area contributed by atoms with E-state index in [0.717, 1.165) is 12.1 Å². The summed E-state index contributed by atoms with van der Waals surface area (Å²) in [5.74, 6) is -0.642. The van der Waals surface area contributed by atoms with Gasteiger partial charge in [0.25, 0.3) is 0 Å². The molecule has 2 nitrogen and oxygen atoms in total. The number of benzene rings is 4. The molecule has 0 saturated carbocycles. The normalized spacial score (nSPS) is 13.1. The molecule has 0 radical (unpaired) electrons. The Morgan fingerprint density at radius 2 is 0.941 bits per heavy atom. The first-order valence-corrected chi connectivity index (χ1v) is 10.7. The number of ketones is 2. The SMILES string of the molecule is O=C(CC(C(=O)c1ccccc1)(c1ccccc1)c1ccc(C(F)(F)F)cc1)c1ccccc1. The molecule has 34 heavy (non-hydrogen) atoms. The number of hydrogen-bond acceptors (Lipinski definition) is 2. The first-order valence-electron chi connectivity index (χ1n) is 10.7. The highest BCUT2D eigenvalue weighted by Gasteiger charge is 2.44. The molecule has 0 bridgehead atoms. The first-order chi connectivity index (χ1) is 16.3. The summed E-state index contributed by atoms with van der Waals surface area (Å²) < 4.78 is 39.8. The van der Waals surface area contributed by atoms with Crippen LogP contribution in [0.15, 0.2) is 115 Å². The number of Topliss-reactive ketones (excluding diaryl/α,β-unsaturated/α-hetero) is 2. The van der Waals surface area contributed by atoms with Gasteiger partial charge in [-0.25, -0.2) is 0 Å². The van der Waals surface area contributed by atoms with Gasteiger partial charge in [0, 0.05) is 17.5 Å². The lowest BCUT2D eigenvalue weighted by molar-refractivity contribution is -0.137. The quantitative estimate of drug-likeness (QED) is 0.276. The highest BCUT2D eigenvalue weighted by Crippen LogP contribution is 2.41. The Hall–Kier alpha value is -3.99. The van der Waals surface area contributed by atoms with Crippen LogP contribution in [0.1, 0.15) is 43.8 Å². The van der Waals surface area contributed by atoms with Gasteiger partial charge in [0.1, 0.15) is 0 Å². The zero-order chi connectivity index (χ0) is 24.2. The van der Waals surface area contributed by atoms with E-state index in [0.29, 0.717) is 22.3 Å².